The normalized spacial score (nSPS) is 19.0. The number of hydrogen-bond donors (Lipinski definition) is 1. The number of aromatic nitrogens is 2. The van der Waals surface area contributed by atoms with E-state index in [0.29, 0.717) is 16.4 Å². The first-order valence-corrected chi connectivity index (χ1v) is 9.06. The molecular weight excluding hydrogens is 310 g/mol. The van der Waals surface area contributed by atoms with Crippen molar-refractivity contribution in [1.82, 2.24) is 9.78 Å². The molecule has 1 fully saturated rings. The first-order valence-electron chi connectivity index (χ1n) is 6.76. The van der Waals surface area contributed by atoms with Crippen LogP contribution in [0.25, 0.3) is 0 Å². The van der Waals surface area contributed by atoms with E-state index in [1.807, 2.05) is 6.92 Å². The van der Waals surface area contributed by atoms with Gasteiger partial charge < -0.3 is 4.74 Å². The third-order valence-electron chi connectivity index (χ3n) is 3.28. The molecule has 6 nitrogen and oxygen atoms in total. The molecule has 1 saturated heterocycles. The molecule has 0 amide bonds. The zero-order valence-corrected chi connectivity index (χ0v) is 13.3. The van der Waals surface area contributed by atoms with Crippen LogP contribution in [0.5, 0.6) is 0 Å². The second-order valence-corrected chi connectivity index (χ2v) is 8.25. The van der Waals surface area contributed by atoms with Crippen molar-refractivity contribution < 1.29 is 13.2 Å². The average molecular weight is 327 g/mol. The highest BCUT2D eigenvalue weighted by Gasteiger charge is 2.19. The van der Waals surface area contributed by atoms with Gasteiger partial charge in [-0.15, -0.1) is 11.3 Å². The van der Waals surface area contributed by atoms with E-state index in [9.17, 15) is 8.42 Å². The fraction of sp³-hybridized carbons (Fsp3) is 0.462. The van der Waals surface area contributed by atoms with Gasteiger partial charge in [-0.05, 0) is 31.9 Å². The SMILES string of the molecule is Cc1ccc(S(=O)(=O)Nc2cnn(CC3CCCO3)c2)s1. The van der Waals surface area contributed by atoms with Crippen molar-refractivity contribution >= 4 is 27.0 Å². The second-order valence-electron chi connectivity index (χ2n) is 5.06. The maximum absolute atomic E-state index is 12.2. The van der Waals surface area contributed by atoms with Gasteiger partial charge in [0, 0.05) is 17.7 Å². The third kappa shape index (κ3) is 3.45. The van der Waals surface area contributed by atoms with Crippen molar-refractivity contribution in [3.8, 4) is 0 Å². The number of anilines is 1. The van der Waals surface area contributed by atoms with Gasteiger partial charge in [0.2, 0.25) is 0 Å². The minimum absolute atomic E-state index is 0.175. The summed E-state index contributed by atoms with van der Waals surface area (Å²) in [5.74, 6) is 0. The smallest absolute Gasteiger partial charge is 0.271 e. The van der Waals surface area contributed by atoms with Gasteiger partial charge in [-0.3, -0.25) is 9.40 Å². The van der Waals surface area contributed by atoms with Gasteiger partial charge in [0.1, 0.15) is 4.21 Å². The van der Waals surface area contributed by atoms with Crippen molar-refractivity contribution in [2.24, 2.45) is 0 Å². The van der Waals surface area contributed by atoms with E-state index in [0.717, 1.165) is 24.3 Å². The molecule has 2 aromatic heterocycles. The van der Waals surface area contributed by atoms with Crippen molar-refractivity contribution in [3.63, 3.8) is 0 Å². The Balaban J connectivity index is 1.69. The Hall–Kier alpha value is -1.38. The number of ether oxygens (including phenoxy) is 1. The molecule has 0 radical (unpaired) electrons. The predicted molar refractivity (Wildman–Crippen MR) is 81.1 cm³/mol. The Morgan fingerprint density at radius 2 is 2.38 bits per heavy atom. The fourth-order valence-corrected chi connectivity index (χ4v) is 4.59. The molecule has 0 aliphatic carbocycles. The Kier molecular flexibility index (Phi) is 4.01. The summed E-state index contributed by atoms with van der Waals surface area (Å²) in [5, 5.41) is 4.18. The highest BCUT2D eigenvalue weighted by atomic mass is 32.2. The lowest BCUT2D eigenvalue weighted by Gasteiger charge is -2.08. The predicted octanol–water partition coefficient (Wildman–Crippen LogP) is 2.23. The van der Waals surface area contributed by atoms with Gasteiger partial charge >= 0.3 is 0 Å². The molecule has 0 spiro atoms. The van der Waals surface area contributed by atoms with Crippen molar-refractivity contribution in [3.05, 3.63) is 29.4 Å². The topological polar surface area (TPSA) is 73.2 Å². The fourth-order valence-electron chi connectivity index (χ4n) is 2.28. The lowest BCUT2D eigenvalue weighted by molar-refractivity contribution is 0.0940. The summed E-state index contributed by atoms with van der Waals surface area (Å²) in [6, 6.07) is 3.40. The van der Waals surface area contributed by atoms with E-state index in [-0.39, 0.29) is 6.10 Å². The maximum atomic E-state index is 12.2. The summed E-state index contributed by atoms with van der Waals surface area (Å²) in [7, 11) is -3.52. The monoisotopic (exact) mass is 327 g/mol. The largest absolute Gasteiger partial charge is 0.376 e. The van der Waals surface area contributed by atoms with E-state index in [2.05, 4.69) is 9.82 Å². The van der Waals surface area contributed by atoms with E-state index < -0.39 is 10.0 Å². The molecule has 0 saturated carbocycles. The van der Waals surface area contributed by atoms with Crippen LogP contribution in [-0.2, 0) is 21.3 Å². The Morgan fingerprint density at radius 1 is 1.52 bits per heavy atom. The molecule has 1 atom stereocenters. The molecule has 2 aromatic rings. The number of nitrogens with zero attached hydrogens (tertiary/aromatic N) is 2. The van der Waals surface area contributed by atoms with Crippen LogP contribution in [0.15, 0.2) is 28.7 Å². The standard InChI is InChI=1S/C13H17N3O3S2/c1-10-4-5-13(20-10)21(17,18)15-11-7-14-16(8-11)9-12-3-2-6-19-12/h4-5,7-8,12,15H,2-3,6,9H2,1H3. The van der Waals surface area contributed by atoms with Crippen molar-refractivity contribution in [2.75, 3.05) is 11.3 Å². The van der Waals surface area contributed by atoms with E-state index in [1.54, 1.807) is 23.0 Å². The summed E-state index contributed by atoms with van der Waals surface area (Å²) in [6.07, 6.45) is 5.49. The molecule has 3 rings (SSSR count). The number of rotatable bonds is 5. The summed E-state index contributed by atoms with van der Waals surface area (Å²) >= 11 is 1.25. The summed E-state index contributed by atoms with van der Waals surface area (Å²) in [4.78, 5) is 0.962. The highest BCUT2D eigenvalue weighted by molar-refractivity contribution is 7.94. The molecule has 21 heavy (non-hydrogen) atoms. The van der Waals surface area contributed by atoms with Gasteiger partial charge in [0.25, 0.3) is 10.0 Å². The first-order chi connectivity index (χ1) is 10.0. The number of sulfonamides is 1. The van der Waals surface area contributed by atoms with Crippen LogP contribution in [0.1, 0.15) is 17.7 Å². The Bertz CT molecular complexity index is 715. The molecule has 0 aromatic carbocycles. The molecule has 1 aliphatic heterocycles. The quantitative estimate of drug-likeness (QED) is 0.914. The number of hydrogen-bond acceptors (Lipinski definition) is 5. The molecule has 8 heteroatoms. The summed E-state index contributed by atoms with van der Waals surface area (Å²) in [5.41, 5.74) is 0.471. The van der Waals surface area contributed by atoms with Gasteiger partial charge in [-0.25, -0.2) is 8.42 Å². The van der Waals surface area contributed by atoms with Crippen molar-refractivity contribution in [2.45, 2.75) is 36.6 Å². The van der Waals surface area contributed by atoms with Crippen LogP contribution >= 0.6 is 11.3 Å². The lowest BCUT2D eigenvalue weighted by atomic mass is 10.2. The molecule has 1 N–H and O–H groups in total. The molecular formula is C13H17N3O3S2. The van der Waals surface area contributed by atoms with Crippen LogP contribution in [0, 0.1) is 6.92 Å². The van der Waals surface area contributed by atoms with Gasteiger partial charge in [-0.2, -0.15) is 5.10 Å². The first kappa shape index (κ1) is 14.6. The van der Waals surface area contributed by atoms with Gasteiger partial charge in [0.15, 0.2) is 0 Å². The zero-order chi connectivity index (χ0) is 14.9. The average Bonchev–Trinajstić information content (AvgIpc) is 3.12. The number of aryl methyl sites for hydroxylation is 1. The Morgan fingerprint density at radius 3 is 3.05 bits per heavy atom. The van der Waals surface area contributed by atoms with Gasteiger partial charge in [0.05, 0.1) is 24.5 Å². The maximum Gasteiger partial charge on any atom is 0.271 e. The highest BCUT2D eigenvalue weighted by Crippen LogP contribution is 2.23. The molecule has 1 unspecified atom stereocenters. The summed E-state index contributed by atoms with van der Waals surface area (Å²) < 4.78 is 34.5. The van der Waals surface area contributed by atoms with Crippen LogP contribution in [0.4, 0.5) is 5.69 Å². The minimum atomic E-state index is -3.52. The lowest BCUT2D eigenvalue weighted by Crippen LogP contribution is -2.15. The van der Waals surface area contributed by atoms with Crippen molar-refractivity contribution in [1.29, 1.82) is 0 Å². The number of thiophene rings is 1. The van der Waals surface area contributed by atoms with Crippen LogP contribution < -0.4 is 4.72 Å². The van der Waals surface area contributed by atoms with E-state index >= 15 is 0 Å². The van der Waals surface area contributed by atoms with Crippen LogP contribution in [-0.4, -0.2) is 30.9 Å². The Labute approximate surface area is 127 Å². The van der Waals surface area contributed by atoms with E-state index in [4.69, 9.17) is 4.74 Å². The van der Waals surface area contributed by atoms with E-state index in [1.165, 1.54) is 17.5 Å². The molecule has 114 valence electrons. The van der Waals surface area contributed by atoms with Crippen LogP contribution in [0.2, 0.25) is 0 Å². The minimum Gasteiger partial charge on any atom is -0.376 e. The number of nitrogens with one attached hydrogen (secondary N) is 1. The third-order valence-corrected chi connectivity index (χ3v) is 6.15. The summed E-state index contributed by atoms with van der Waals surface area (Å²) in [6.45, 7) is 3.33. The zero-order valence-electron chi connectivity index (χ0n) is 11.7. The molecule has 3 heterocycles. The van der Waals surface area contributed by atoms with Crippen LogP contribution in [0.3, 0.4) is 0 Å². The second kappa shape index (κ2) is 5.78. The molecule has 0 bridgehead atoms. The molecule has 1 aliphatic rings. The van der Waals surface area contributed by atoms with Gasteiger partial charge in [-0.1, -0.05) is 0 Å².